The van der Waals surface area contributed by atoms with Gasteiger partial charge < -0.3 is 15.6 Å². The lowest BCUT2D eigenvalue weighted by atomic mass is 10.1. The van der Waals surface area contributed by atoms with Gasteiger partial charge in [-0.2, -0.15) is 0 Å². The highest BCUT2D eigenvalue weighted by atomic mass is 35.5. The molecule has 2 rings (SSSR count). The van der Waals surface area contributed by atoms with Gasteiger partial charge in [-0.25, -0.2) is 0 Å². The number of amides is 1. The summed E-state index contributed by atoms with van der Waals surface area (Å²) in [6.45, 7) is 0. The van der Waals surface area contributed by atoms with E-state index in [2.05, 4.69) is 4.98 Å². The maximum Gasteiger partial charge on any atom is 0.223 e. The van der Waals surface area contributed by atoms with Crippen LogP contribution >= 0.6 is 11.6 Å². The zero-order valence-electron chi connectivity index (χ0n) is 10.7. The van der Waals surface area contributed by atoms with E-state index in [-0.39, 0.29) is 11.8 Å². The first-order valence-corrected chi connectivity index (χ1v) is 6.07. The first-order chi connectivity index (χ1) is 8.88. The Morgan fingerprint density at radius 3 is 2.63 bits per heavy atom. The average Bonchev–Trinajstić information content (AvgIpc) is 2.26. The number of aromatic nitrogens is 1. The van der Waals surface area contributed by atoms with Crippen LogP contribution in [0.5, 0.6) is 0 Å². The van der Waals surface area contributed by atoms with Gasteiger partial charge in [0.2, 0.25) is 5.91 Å². The Morgan fingerprint density at radius 1 is 1.37 bits per heavy atom. The third-order valence-corrected chi connectivity index (χ3v) is 3.10. The number of pyridine rings is 1. The van der Waals surface area contributed by atoms with Gasteiger partial charge in [-0.05, 0) is 12.1 Å². The lowest BCUT2D eigenvalue weighted by molar-refractivity contribution is -0.117. The van der Waals surface area contributed by atoms with Crippen molar-refractivity contribution in [3.63, 3.8) is 0 Å². The molecule has 0 bridgehead atoms. The Kier molecular flexibility index (Phi) is 3.48. The van der Waals surface area contributed by atoms with Crippen molar-refractivity contribution in [1.82, 2.24) is 4.98 Å². The quantitative estimate of drug-likeness (QED) is 0.888. The summed E-state index contributed by atoms with van der Waals surface area (Å²) in [6.07, 6.45) is -0.00497. The van der Waals surface area contributed by atoms with Crippen molar-refractivity contribution in [2.75, 3.05) is 19.0 Å². The standard InChI is InChI=1S/C13H14ClN3O2/c1-17(2)8-5-9(14)13-10(6-8)16-7(3-11(13)18)4-12(15)19/h3,5-6H,4H2,1-2H3,(H2,15,19)(H,16,18). The number of carbonyl (C=O) groups excluding carboxylic acids is 1. The zero-order chi connectivity index (χ0) is 14.2. The van der Waals surface area contributed by atoms with Crippen LogP contribution in [0.25, 0.3) is 10.9 Å². The minimum absolute atomic E-state index is 0.00497. The molecule has 100 valence electrons. The Morgan fingerprint density at radius 2 is 2.05 bits per heavy atom. The van der Waals surface area contributed by atoms with Gasteiger partial charge in [-0.15, -0.1) is 0 Å². The molecule has 1 aromatic carbocycles. The molecule has 0 radical (unpaired) electrons. The summed E-state index contributed by atoms with van der Waals surface area (Å²) >= 11 is 6.13. The Bertz CT molecular complexity index is 707. The second-order valence-corrected chi connectivity index (χ2v) is 4.95. The molecule has 0 aliphatic rings. The molecule has 0 unspecified atom stereocenters. The normalized spacial score (nSPS) is 10.7. The van der Waals surface area contributed by atoms with Gasteiger partial charge in [0.25, 0.3) is 0 Å². The minimum atomic E-state index is -0.495. The number of rotatable bonds is 3. The number of anilines is 1. The van der Waals surface area contributed by atoms with Crippen LogP contribution in [0.2, 0.25) is 5.02 Å². The van der Waals surface area contributed by atoms with Gasteiger partial charge in [0.15, 0.2) is 5.43 Å². The highest BCUT2D eigenvalue weighted by Gasteiger charge is 2.10. The molecular formula is C13H14ClN3O2. The number of nitrogens with two attached hydrogens (primary N) is 1. The van der Waals surface area contributed by atoms with Gasteiger partial charge in [0.05, 0.1) is 22.3 Å². The number of aromatic amines is 1. The van der Waals surface area contributed by atoms with Crippen LogP contribution in [0.15, 0.2) is 23.0 Å². The summed E-state index contributed by atoms with van der Waals surface area (Å²) in [5.41, 5.74) is 6.86. The zero-order valence-corrected chi connectivity index (χ0v) is 11.4. The second kappa shape index (κ2) is 4.93. The molecule has 0 atom stereocenters. The summed E-state index contributed by atoms with van der Waals surface area (Å²) < 4.78 is 0. The first-order valence-electron chi connectivity index (χ1n) is 5.69. The van der Waals surface area contributed by atoms with E-state index in [1.807, 2.05) is 25.1 Å². The first kappa shape index (κ1) is 13.4. The fourth-order valence-electron chi connectivity index (χ4n) is 1.92. The van der Waals surface area contributed by atoms with E-state index in [4.69, 9.17) is 17.3 Å². The van der Waals surface area contributed by atoms with Crippen LogP contribution in [0.4, 0.5) is 5.69 Å². The van der Waals surface area contributed by atoms with E-state index in [9.17, 15) is 9.59 Å². The largest absolute Gasteiger partial charge is 0.378 e. The molecule has 0 fully saturated rings. The molecule has 1 heterocycles. The van der Waals surface area contributed by atoms with Crippen LogP contribution in [0.1, 0.15) is 5.69 Å². The van der Waals surface area contributed by atoms with Crippen molar-refractivity contribution in [3.05, 3.63) is 39.1 Å². The topological polar surface area (TPSA) is 79.2 Å². The van der Waals surface area contributed by atoms with Crippen molar-refractivity contribution in [2.45, 2.75) is 6.42 Å². The summed E-state index contributed by atoms with van der Waals surface area (Å²) in [4.78, 5) is 27.8. The second-order valence-electron chi connectivity index (χ2n) is 4.55. The maximum absolute atomic E-state index is 12.0. The van der Waals surface area contributed by atoms with Crippen molar-refractivity contribution in [2.24, 2.45) is 5.73 Å². The van der Waals surface area contributed by atoms with Crippen molar-refractivity contribution in [1.29, 1.82) is 0 Å². The van der Waals surface area contributed by atoms with Crippen LogP contribution in [-0.2, 0) is 11.2 Å². The number of primary amides is 1. The van der Waals surface area contributed by atoms with Crippen molar-refractivity contribution < 1.29 is 4.79 Å². The number of fused-ring (bicyclic) bond motifs is 1. The molecular weight excluding hydrogens is 266 g/mol. The van der Waals surface area contributed by atoms with E-state index < -0.39 is 5.91 Å². The Balaban J connectivity index is 2.71. The van der Waals surface area contributed by atoms with Gasteiger partial charge in [-0.1, -0.05) is 11.6 Å². The fourth-order valence-corrected chi connectivity index (χ4v) is 2.23. The molecule has 5 nitrogen and oxygen atoms in total. The number of benzene rings is 1. The lowest BCUT2D eigenvalue weighted by Crippen LogP contribution is -2.17. The molecule has 0 saturated carbocycles. The molecule has 1 aromatic heterocycles. The molecule has 2 aromatic rings. The maximum atomic E-state index is 12.0. The van der Waals surface area contributed by atoms with Crippen LogP contribution in [0.3, 0.4) is 0 Å². The SMILES string of the molecule is CN(C)c1cc(Cl)c2c(=O)cc(CC(N)=O)[nH]c2c1. The van der Waals surface area contributed by atoms with Gasteiger partial charge in [-0.3, -0.25) is 9.59 Å². The third-order valence-electron chi connectivity index (χ3n) is 2.80. The third kappa shape index (κ3) is 2.71. The Hall–Kier alpha value is -2.01. The van der Waals surface area contributed by atoms with Crippen LogP contribution in [0, 0.1) is 0 Å². The number of nitrogens with zero attached hydrogens (tertiary/aromatic N) is 1. The van der Waals surface area contributed by atoms with E-state index in [0.717, 1.165) is 5.69 Å². The minimum Gasteiger partial charge on any atom is -0.378 e. The molecule has 19 heavy (non-hydrogen) atoms. The average molecular weight is 280 g/mol. The van der Waals surface area contributed by atoms with Crippen LogP contribution < -0.4 is 16.1 Å². The summed E-state index contributed by atoms with van der Waals surface area (Å²) in [6, 6.07) is 4.90. The van der Waals surface area contributed by atoms with Gasteiger partial charge in [0, 0.05) is 31.5 Å². The number of carbonyl (C=O) groups is 1. The predicted molar refractivity (Wildman–Crippen MR) is 76.8 cm³/mol. The molecule has 0 aliphatic heterocycles. The lowest BCUT2D eigenvalue weighted by Gasteiger charge is -2.14. The van der Waals surface area contributed by atoms with Crippen molar-refractivity contribution >= 4 is 34.1 Å². The smallest absolute Gasteiger partial charge is 0.223 e. The number of hydrogen-bond acceptors (Lipinski definition) is 3. The van der Waals surface area contributed by atoms with E-state index >= 15 is 0 Å². The molecule has 1 amide bonds. The highest BCUT2D eigenvalue weighted by molar-refractivity contribution is 6.35. The summed E-state index contributed by atoms with van der Waals surface area (Å²) in [5, 5.41) is 0.800. The predicted octanol–water partition coefficient (Wildman–Crippen LogP) is 1.28. The monoisotopic (exact) mass is 279 g/mol. The number of halogens is 1. The highest BCUT2D eigenvalue weighted by Crippen LogP contribution is 2.26. The molecule has 6 heteroatoms. The van der Waals surface area contributed by atoms with Crippen molar-refractivity contribution in [3.8, 4) is 0 Å². The fraction of sp³-hybridized carbons (Fsp3) is 0.231. The van der Waals surface area contributed by atoms with E-state index in [1.165, 1.54) is 6.07 Å². The van der Waals surface area contributed by atoms with E-state index in [0.29, 0.717) is 21.6 Å². The summed E-state index contributed by atoms with van der Waals surface area (Å²) in [5.74, 6) is -0.495. The van der Waals surface area contributed by atoms with Gasteiger partial charge >= 0.3 is 0 Å². The summed E-state index contributed by atoms with van der Waals surface area (Å²) in [7, 11) is 3.76. The van der Waals surface area contributed by atoms with Gasteiger partial charge in [0.1, 0.15) is 0 Å². The van der Waals surface area contributed by atoms with Crippen LogP contribution in [-0.4, -0.2) is 25.0 Å². The number of hydrogen-bond donors (Lipinski definition) is 2. The number of nitrogens with one attached hydrogen (secondary N) is 1. The molecule has 0 spiro atoms. The molecule has 0 saturated heterocycles. The molecule has 0 aliphatic carbocycles. The molecule has 3 N–H and O–H groups in total. The Labute approximate surface area is 115 Å². The van der Waals surface area contributed by atoms with E-state index in [1.54, 1.807) is 6.07 Å². The number of H-pyrrole nitrogens is 1.